The first-order valence-corrected chi connectivity index (χ1v) is 7.53. The van der Waals surface area contributed by atoms with Crippen molar-refractivity contribution in [2.45, 2.75) is 51.4 Å². The number of benzene rings is 1. The molecule has 0 N–H and O–H groups in total. The van der Waals surface area contributed by atoms with Gasteiger partial charge in [0.1, 0.15) is 11.5 Å². The zero-order valence-electron chi connectivity index (χ0n) is 12.4. The SMILES string of the molecule is COc1ccc([C@@H]2CCC3=C(CCC(=O)C3)C2)cc1C. The number of aryl methyl sites for hydroxylation is 1. The van der Waals surface area contributed by atoms with Crippen LogP contribution in [-0.4, -0.2) is 12.9 Å². The van der Waals surface area contributed by atoms with E-state index in [1.54, 1.807) is 12.7 Å². The third kappa shape index (κ3) is 2.52. The molecule has 0 aliphatic heterocycles. The fourth-order valence-corrected chi connectivity index (χ4v) is 3.62. The van der Waals surface area contributed by atoms with Crippen LogP contribution in [0.3, 0.4) is 0 Å². The molecular formula is C18H22O2. The Kier molecular flexibility index (Phi) is 3.64. The Balaban J connectivity index is 1.80. The Hall–Kier alpha value is -1.57. The van der Waals surface area contributed by atoms with E-state index in [0.717, 1.165) is 37.9 Å². The molecule has 0 radical (unpaired) electrons. The van der Waals surface area contributed by atoms with Gasteiger partial charge in [-0.2, -0.15) is 0 Å². The van der Waals surface area contributed by atoms with E-state index in [2.05, 4.69) is 25.1 Å². The van der Waals surface area contributed by atoms with Gasteiger partial charge >= 0.3 is 0 Å². The van der Waals surface area contributed by atoms with Gasteiger partial charge in [0.2, 0.25) is 0 Å². The summed E-state index contributed by atoms with van der Waals surface area (Å²) in [6, 6.07) is 6.55. The van der Waals surface area contributed by atoms with E-state index in [4.69, 9.17) is 4.74 Å². The zero-order valence-corrected chi connectivity index (χ0v) is 12.4. The average molecular weight is 270 g/mol. The number of hydrogen-bond donors (Lipinski definition) is 0. The maximum atomic E-state index is 11.5. The van der Waals surface area contributed by atoms with E-state index in [1.807, 2.05) is 0 Å². The monoisotopic (exact) mass is 270 g/mol. The number of carbonyl (C=O) groups excluding carboxylic acids is 1. The van der Waals surface area contributed by atoms with Crippen molar-refractivity contribution >= 4 is 5.78 Å². The highest BCUT2D eigenvalue weighted by Crippen LogP contribution is 2.42. The van der Waals surface area contributed by atoms with Gasteiger partial charge in [-0.1, -0.05) is 23.3 Å². The van der Waals surface area contributed by atoms with Gasteiger partial charge in [0.15, 0.2) is 0 Å². The average Bonchev–Trinajstić information content (AvgIpc) is 2.46. The molecule has 20 heavy (non-hydrogen) atoms. The summed E-state index contributed by atoms with van der Waals surface area (Å²) in [6.07, 6.45) is 5.92. The molecule has 0 heterocycles. The third-order valence-electron chi connectivity index (χ3n) is 4.79. The fraction of sp³-hybridized carbons (Fsp3) is 0.500. The summed E-state index contributed by atoms with van der Waals surface area (Å²) in [5.74, 6) is 2.02. The normalized spacial score (nSPS) is 22.7. The molecule has 106 valence electrons. The summed E-state index contributed by atoms with van der Waals surface area (Å²) < 4.78 is 5.34. The Morgan fingerprint density at radius 3 is 2.75 bits per heavy atom. The predicted octanol–water partition coefficient (Wildman–Crippen LogP) is 4.32. The van der Waals surface area contributed by atoms with E-state index < -0.39 is 0 Å². The molecule has 3 rings (SSSR count). The van der Waals surface area contributed by atoms with Crippen LogP contribution in [0, 0.1) is 6.92 Å². The van der Waals surface area contributed by atoms with Gasteiger partial charge in [-0.15, -0.1) is 0 Å². The molecule has 2 heteroatoms. The zero-order chi connectivity index (χ0) is 14.1. The molecule has 2 aliphatic carbocycles. The fourth-order valence-electron chi connectivity index (χ4n) is 3.62. The first-order valence-electron chi connectivity index (χ1n) is 7.53. The lowest BCUT2D eigenvalue weighted by atomic mass is 9.75. The highest BCUT2D eigenvalue weighted by atomic mass is 16.5. The standard InChI is InChI=1S/C18H22O2/c1-12-9-13(6-8-18(12)20-2)14-3-4-16-11-17(19)7-5-15(16)10-14/h6,8-9,14H,3-5,7,10-11H2,1-2H3/t14-/m1/s1. The highest BCUT2D eigenvalue weighted by molar-refractivity contribution is 5.82. The van der Waals surface area contributed by atoms with E-state index in [1.165, 1.54) is 23.1 Å². The number of rotatable bonds is 2. The van der Waals surface area contributed by atoms with Crippen LogP contribution >= 0.6 is 0 Å². The number of ether oxygens (including phenoxy) is 1. The van der Waals surface area contributed by atoms with Crippen LogP contribution in [0.1, 0.15) is 55.6 Å². The Morgan fingerprint density at radius 1 is 1.15 bits per heavy atom. The lowest BCUT2D eigenvalue weighted by molar-refractivity contribution is -0.118. The van der Waals surface area contributed by atoms with Gasteiger partial charge in [-0.25, -0.2) is 0 Å². The number of methoxy groups -OCH3 is 1. The molecule has 1 aromatic rings. The minimum Gasteiger partial charge on any atom is -0.496 e. The van der Waals surface area contributed by atoms with Crippen LogP contribution in [0.2, 0.25) is 0 Å². The first kappa shape index (κ1) is 13.4. The van der Waals surface area contributed by atoms with Crippen LogP contribution in [0.5, 0.6) is 5.75 Å². The van der Waals surface area contributed by atoms with Crippen molar-refractivity contribution in [3.05, 3.63) is 40.5 Å². The van der Waals surface area contributed by atoms with Gasteiger partial charge in [0.25, 0.3) is 0 Å². The van der Waals surface area contributed by atoms with Crippen LogP contribution in [0.15, 0.2) is 29.3 Å². The second kappa shape index (κ2) is 5.43. The smallest absolute Gasteiger partial charge is 0.137 e. The van der Waals surface area contributed by atoms with Crippen LogP contribution in [-0.2, 0) is 4.79 Å². The van der Waals surface area contributed by atoms with Crippen molar-refractivity contribution in [2.24, 2.45) is 0 Å². The maximum Gasteiger partial charge on any atom is 0.137 e. The second-order valence-corrected chi connectivity index (χ2v) is 6.09. The van der Waals surface area contributed by atoms with E-state index >= 15 is 0 Å². The molecule has 2 nitrogen and oxygen atoms in total. The Morgan fingerprint density at radius 2 is 2.00 bits per heavy atom. The summed E-state index contributed by atoms with van der Waals surface area (Å²) in [5, 5.41) is 0. The van der Waals surface area contributed by atoms with Gasteiger partial charge in [0.05, 0.1) is 7.11 Å². The molecule has 0 saturated carbocycles. The first-order chi connectivity index (χ1) is 9.67. The third-order valence-corrected chi connectivity index (χ3v) is 4.79. The largest absolute Gasteiger partial charge is 0.496 e. The van der Waals surface area contributed by atoms with E-state index in [0.29, 0.717) is 11.7 Å². The van der Waals surface area contributed by atoms with Gasteiger partial charge in [-0.3, -0.25) is 4.79 Å². The molecule has 0 fully saturated rings. The molecule has 1 atom stereocenters. The molecule has 0 saturated heterocycles. The molecule has 0 unspecified atom stereocenters. The van der Waals surface area contributed by atoms with E-state index in [-0.39, 0.29) is 0 Å². The van der Waals surface area contributed by atoms with E-state index in [9.17, 15) is 4.79 Å². The van der Waals surface area contributed by atoms with Gasteiger partial charge in [0, 0.05) is 12.8 Å². The number of Topliss-reactive ketones (excluding diaryl/α,β-unsaturated/α-hetero) is 1. The summed E-state index contributed by atoms with van der Waals surface area (Å²) >= 11 is 0. The maximum absolute atomic E-state index is 11.5. The second-order valence-electron chi connectivity index (χ2n) is 6.09. The lowest BCUT2D eigenvalue weighted by Gasteiger charge is -2.30. The molecule has 2 aliphatic rings. The minimum absolute atomic E-state index is 0.433. The Labute approximate surface area is 120 Å². The summed E-state index contributed by atoms with van der Waals surface area (Å²) in [5.41, 5.74) is 5.65. The van der Waals surface area contributed by atoms with Crippen molar-refractivity contribution in [3.63, 3.8) is 0 Å². The van der Waals surface area contributed by atoms with Crippen LogP contribution < -0.4 is 4.74 Å². The minimum atomic E-state index is 0.433. The Bertz CT molecular complexity index is 569. The van der Waals surface area contributed by atoms with Crippen LogP contribution in [0.4, 0.5) is 0 Å². The van der Waals surface area contributed by atoms with Crippen molar-refractivity contribution in [1.29, 1.82) is 0 Å². The van der Waals surface area contributed by atoms with Crippen molar-refractivity contribution in [2.75, 3.05) is 7.11 Å². The van der Waals surface area contributed by atoms with Gasteiger partial charge in [-0.05, 0) is 55.7 Å². The summed E-state index contributed by atoms with van der Waals surface area (Å²) in [4.78, 5) is 11.5. The molecule has 0 bridgehead atoms. The quantitative estimate of drug-likeness (QED) is 0.748. The molecule has 0 spiro atoms. The molecular weight excluding hydrogens is 248 g/mol. The molecule has 1 aromatic carbocycles. The highest BCUT2D eigenvalue weighted by Gasteiger charge is 2.26. The van der Waals surface area contributed by atoms with Gasteiger partial charge < -0.3 is 4.74 Å². The van der Waals surface area contributed by atoms with Crippen molar-refractivity contribution in [3.8, 4) is 5.75 Å². The topological polar surface area (TPSA) is 26.3 Å². The van der Waals surface area contributed by atoms with Crippen molar-refractivity contribution in [1.82, 2.24) is 0 Å². The summed E-state index contributed by atoms with van der Waals surface area (Å²) in [7, 11) is 1.72. The number of hydrogen-bond acceptors (Lipinski definition) is 2. The molecule has 0 amide bonds. The predicted molar refractivity (Wildman–Crippen MR) is 80.2 cm³/mol. The number of allylic oxidation sites excluding steroid dienone is 2. The summed E-state index contributed by atoms with van der Waals surface area (Å²) in [6.45, 7) is 2.11. The number of carbonyl (C=O) groups is 1. The number of ketones is 1. The lowest BCUT2D eigenvalue weighted by Crippen LogP contribution is -2.16. The van der Waals surface area contributed by atoms with Crippen molar-refractivity contribution < 1.29 is 9.53 Å². The van der Waals surface area contributed by atoms with Crippen LogP contribution in [0.25, 0.3) is 0 Å². The molecule has 0 aromatic heterocycles.